The maximum atomic E-state index is 4.28. The minimum atomic E-state index is 0. The summed E-state index contributed by atoms with van der Waals surface area (Å²) in [5, 5.41) is 10.8. The largest absolute Gasteiger partial charge is 0.368 e. The Hall–Kier alpha value is -0.700. The van der Waals surface area contributed by atoms with Gasteiger partial charge in [-0.15, -0.1) is 12.4 Å². The van der Waals surface area contributed by atoms with Gasteiger partial charge in [-0.25, -0.2) is 0 Å². The number of fused-ring (bicyclic) bond motifs is 1. The second-order valence-corrected chi connectivity index (χ2v) is 3.77. The molecule has 0 bridgehead atoms. The Balaban J connectivity index is 0.000000653. The molecule has 2 heterocycles. The Labute approximate surface area is 83.7 Å². The smallest absolute Gasteiger partial charge is 0.151 e. The average molecular weight is 200 g/mol. The fourth-order valence-corrected chi connectivity index (χ4v) is 1.96. The van der Waals surface area contributed by atoms with Gasteiger partial charge in [-0.3, -0.25) is 5.10 Å². The van der Waals surface area contributed by atoms with Gasteiger partial charge in [0.1, 0.15) is 0 Å². The number of aromatic nitrogens is 2. The number of hydrogen-bond donors (Lipinski definition) is 2. The molecular weight excluding hydrogens is 186 g/mol. The molecule has 2 N–H and O–H groups in total. The molecule has 0 unspecified atom stereocenters. The third-order valence-electron chi connectivity index (χ3n) is 2.78. The Morgan fingerprint density at radius 2 is 2.15 bits per heavy atom. The standard InChI is InChI=1S/C9H13N3.ClH/c1-2-7-8(6-3-4-6)11-12-9(7)10-5-1;/h6H,1-5H2,(H2,10,11,12);1H. The molecule has 1 fully saturated rings. The Morgan fingerprint density at radius 3 is 2.92 bits per heavy atom. The third kappa shape index (κ3) is 1.41. The summed E-state index contributed by atoms with van der Waals surface area (Å²) in [6.07, 6.45) is 5.18. The maximum Gasteiger partial charge on any atom is 0.151 e. The van der Waals surface area contributed by atoms with Crippen molar-refractivity contribution in [3.8, 4) is 0 Å². The summed E-state index contributed by atoms with van der Waals surface area (Å²) >= 11 is 0. The highest BCUT2D eigenvalue weighted by atomic mass is 35.5. The van der Waals surface area contributed by atoms with Gasteiger partial charge in [-0.1, -0.05) is 0 Å². The summed E-state index contributed by atoms with van der Waals surface area (Å²) in [6.45, 7) is 1.09. The molecule has 0 radical (unpaired) electrons. The van der Waals surface area contributed by atoms with Gasteiger partial charge in [0.15, 0.2) is 5.82 Å². The zero-order valence-corrected chi connectivity index (χ0v) is 8.28. The molecule has 1 aliphatic carbocycles. The minimum Gasteiger partial charge on any atom is -0.368 e. The van der Waals surface area contributed by atoms with Crippen LogP contribution in [0.2, 0.25) is 0 Å². The zero-order chi connectivity index (χ0) is 7.97. The van der Waals surface area contributed by atoms with E-state index < -0.39 is 0 Å². The van der Waals surface area contributed by atoms with Crippen LogP contribution in [0.1, 0.15) is 36.4 Å². The lowest BCUT2D eigenvalue weighted by molar-refractivity contribution is 0.817. The summed E-state index contributed by atoms with van der Waals surface area (Å²) in [5.74, 6) is 1.92. The number of nitrogens with one attached hydrogen (secondary N) is 2. The molecule has 0 spiro atoms. The van der Waals surface area contributed by atoms with Crippen molar-refractivity contribution in [3.05, 3.63) is 11.3 Å². The number of halogens is 1. The van der Waals surface area contributed by atoms with E-state index >= 15 is 0 Å². The van der Waals surface area contributed by atoms with Crippen LogP contribution in [0, 0.1) is 0 Å². The van der Waals surface area contributed by atoms with Crippen LogP contribution in [0.5, 0.6) is 0 Å². The molecule has 4 heteroatoms. The van der Waals surface area contributed by atoms with Gasteiger partial charge < -0.3 is 5.32 Å². The van der Waals surface area contributed by atoms with E-state index in [0.29, 0.717) is 0 Å². The van der Waals surface area contributed by atoms with Crippen molar-refractivity contribution in [3.63, 3.8) is 0 Å². The van der Waals surface area contributed by atoms with Gasteiger partial charge >= 0.3 is 0 Å². The first-order valence-corrected chi connectivity index (χ1v) is 4.76. The highest BCUT2D eigenvalue weighted by Crippen LogP contribution is 2.42. The lowest BCUT2D eigenvalue weighted by Crippen LogP contribution is -2.11. The van der Waals surface area contributed by atoms with Gasteiger partial charge in [-0.2, -0.15) is 5.10 Å². The van der Waals surface area contributed by atoms with Crippen LogP contribution >= 0.6 is 12.4 Å². The lowest BCUT2D eigenvalue weighted by Gasteiger charge is -2.12. The molecular formula is C9H14ClN3. The van der Waals surface area contributed by atoms with Crippen LogP contribution in [-0.2, 0) is 6.42 Å². The third-order valence-corrected chi connectivity index (χ3v) is 2.78. The number of rotatable bonds is 1. The van der Waals surface area contributed by atoms with Crippen LogP contribution in [-0.4, -0.2) is 16.7 Å². The summed E-state index contributed by atoms with van der Waals surface area (Å²) in [5.41, 5.74) is 2.88. The first-order valence-electron chi connectivity index (χ1n) is 4.76. The van der Waals surface area contributed by atoms with Crippen molar-refractivity contribution >= 4 is 18.2 Å². The Kier molecular flexibility index (Phi) is 2.20. The van der Waals surface area contributed by atoms with E-state index in [0.717, 1.165) is 18.3 Å². The maximum absolute atomic E-state index is 4.28. The topological polar surface area (TPSA) is 40.7 Å². The molecule has 1 aromatic heterocycles. The van der Waals surface area contributed by atoms with E-state index in [9.17, 15) is 0 Å². The molecule has 0 aromatic carbocycles. The highest BCUT2D eigenvalue weighted by Gasteiger charge is 2.30. The average Bonchev–Trinajstić information content (AvgIpc) is 2.86. The molecule has 2 aliphatic rings. The van der Waals surface area contributed by atoms with E-state index in [2.05, 4.69) is 15.5 Å². The minimum absolute atomic E-state index is 0. The summed E-state index contributed by atoms with van der Waals surface area (Å²) in [6, 6.07) is 0. The lowest BCUT2D eigenvalue weighted by atomic mass is 10.0. The van der Waals surface area contributed by atoms with Crippen LogP contribution in [0.25, 0.3) is 0 Å². The first kappa shape index (κ1) is 8.88. The number of anilines is 1. The highest BCUT2D eigenvalue weighted by molar-refractivity contribution is 5.85. The van der Waals surface area contributed by atoms with Gasteiger partial charge in [-0.05, 0) is 25.7 Å². The van der Waals surface area contributed by atoms with Crippen molar-refractivity contribution in [1.29, 1.82) is 0 Å². The van der Waals surface area contributed by atoms with E-state index in [4.69, 9.17) is 0 Å². The second-order valence-electron chi connectivity index (χ2n) is 3.77. The van der Waals surface area contributed by atoms with Gasteiger partial charge in [0.2, 0.25) is 0 Å². The van der Waals surface area contributed by atoms with Crippen molar-refractivity contribution in [2.45, 2.75) is 31.6 Å². The van der Waals surface area contributed by atoms with E-state index in [1.807, 2.05) is 0 Å². The van der Waals surface area contributed by atoms with Crippen LogP contribution in [0.3, 0.4) is 0 Å². The molecule has 1 aliphatic heterocycles. The first-order chi connectivity index (χ1) is 5.95. The van der Waals surface area contributed by atoms with Crippen molar-refractivity contribution < 1.29 is 0 Å². The molecule has 0 saturated heterocycles. The van der Waals surface area contributed by atoms with E-state index in [1.165, 1.54) is 36.9 Å². The van der Waals surface area contributed by atoms with Crippen molar-refractivity contribution in [1.82, 2.24) is 10.2 Å². The van der Waals surface area contributed by atoms with E-state index in [-0.39, 0.29) is 12.4 Å². The number of nitrogens with zero attached hydrogens (tertiary/aromatic N) is 1. The normalized spacial score (nSPS) is 20.0. The van der Waals surface area contributed by atoms with E-state index in [1.54, 1.807) is 0 Å². The van der Waals surface area contributed by atoms with Crippen molar-refractivity contribution in [2.24, 2.45) is 0 Å². The Morgan fingerprint density at radius 1 is 1.31 bits per heavy atom. The number of hydrogen-bond acceptors (Lipinski definition) is 2. The summed E-state index contributed by atoms with van der Waals surface area (Å²) in [4.78, 5) is 0. The molecule has 1 saturated carbocycles. The summed E-state index contributed by atoms with van der Waals surface area (Å²) < 4.78 is 0. The molecule has 72 valence electrons. The van der Waals surface area contributed by atoms with Crippen LogP contribution < -0.4 is 5.32 Å². The predicted molar refractivity (Wildman–Crippen MR) is 54.6 cm³/mol. The van der Waals surface area contributed by atoms with Gasteiger partial charge in [0.25, 0.3) is 0 Å². The molecule has 3 rings (SSSR count). The Bertz CT molecular complexity index is 304. The molecule has 1 aromatic rings. The SMILES string of the molecule is C1CNc2n[nH]c(C3CC3)c2C1.Cl. The monoisotopic (exact) mass is 199 g/mol. The van der Waals surface area contributed by atoms with Crippen molar-refractivity contribution in [2.75, 3.05) is 11.9 Å². The zero-order valence-electron chi connectivity index (χ0n) is 7.47. The van der Waals surface area contributed by atoms with Gasteiger partial charge in [0, 0.05) is 23.7 Å². The molecule has 13 heavy (non-hydrogen) atoms. The van der Waals surface area contributed by atoms with Crippen LogP contribution in [0.4, 0.5) is 5.82 Å². The second kappa shape index (κ2) is 3.22. The molecule has 0 atom stereocenters. The fourth-order valence-electron chi connectivity index (χ4n) is 1.96. The van der Waals surface area contributed by atoms with Crippen LogP contribution in [0.15, 0.2) is 0 Å². The number of H-pyrrole nitrogens is 1. The van der Waals surface area contributed by atoms with Gasteiger partial charge in [0.05, 0.1) is 0 Å². The predicted octanol–water partition coefficient (Wildman–Crippen LogP) is 2.07. The number of aromatic amines is 1. The molecule has 0 amide bonds. The summed E-state index contributed by atoms with van der Waals surface area (Å²) in [7, 11) is 0. The quantitative estimate of drug-likeness (QED) is 0.727. The fraction of sp³-hybridized carbons (Fsp3) is 0.667. The molecule has 3 nitrogen and oxygen atoms in total.